The molecule has 0 unspecified atom stereocenters. The van der Waals surface area contributed by atoms with Crippen LogP contribution in [0.3, 0.4) is 0 Å². The lowest BCUT2D eigenvalue weighted by molar-refractivity contribution is -0.122. The van der Waals surface area contributed by atoms with E-state index in [0.717, 1.165) is 23.4 Å². The van der Waals surface area contributed by atoms with Crippen molar-refractivity contribution in [1.82, 2.24) is 19.9 Å². The molecule has 1 aliphatic carbocycles. The second-order valence-electron chi connectivity index (χ2n) is 5.86. The van der Waals surface area contributed by atoms with Gasteiger partial charge in [0.05, 0.1) is 22.3 Å². The summed E-state index contributed by atoms with van der Waals surface area (Å²) >= 11 is 1.59. The minimum absolute atomic E-state index is 0.0489. The van der Waals surface area contributed by atoms with Gasteiger partial charge >= 0.3 is 0 Å². The van der Waals surface area contributed by atoms with Crippen LogP contribution in [0.4, 0.5) is 0 Å². The van der Waals surface area contributed by atoms with Gasteiger partial charge in [-0.1, -0.05) is 6.07 Å². The molecule has 0 aliphatic heterocycles. The smallest absolute Gasteiger partial charge is 0.272 e. The maximum atomic E-state index is 12.3. The molecular weight excluding hydrogens is 312 g/mol. The minimum Gasteiger partial charge on any atom is -0.348 e. The first-order chi connectivity index (χ1) is 11.1. The fourth-order valence-electron chi connectivity index (χ4n) is 2.54. The molecule has 7 heteroatoms. The van der Waals surface area contributed by atoms with E-state index in [9.17, 15) is 9.59 Å². The summed E-state index contributed by atoms with van der Waals surface area (Å²) in [6, 6.07) is 7.00. The topological polar surface area (TPSA) is 79.3 Å². The molecule has 1 amide bonds. The number of amides is 1. The number of nitrogens with one attached hydrogen (secondary N) is 2. The number of carbonyl (C=O) groups excluding carboxylic acids is 1. The largest absolute Gasteiger partial charge is 0.348 e. The Bertz CT molecular complexity index is 921. The predicted molar refractivity (Wildman–Crippen MR) is 88.4 cm³/mol. The molecule has 1 saturated carbocycles. The van der Waals surface area contributed by atoms with Crippen LogP contribution in [0.5, 0.6) is 0 Å². The molecule has 0 radical (unpaired) electrons. The van der Waals surface area contributed by atoms with Crippen LogP contribution in [0.2, 0.25) is 0 Å². The maximum absolute atomic E-state index is 12.3. The van der Waals surface area contributed by atoms with Gasteiger partial charge in [0.25, 0.3) is 5.56 Å². The molecule has 3 aromatic heterocycles. The second kappa shape index (κ2) is 5.34. The highest BCUT2D eigenvalue weighted by molar-refractivity contribution is 7.13. The lowest BCUT2D eigenvalue weighted by atomic mass is 10.2. The lowest BCUT2D eigenvalue weighted by Crippen LogP contribution is -2.29. The van der Waals surface area contributed by atoms with Gasteiger partial charge in [0.1, 0.15) is 0 Å². The highest BCUT2D eigenvalue weighted by Crippen LogP contribution is 2.29. The van der Waals surface area contributed by atoms with Gasteiger partial charge in [0.15, 0.2) is 5.65 Å². The Morgan fingerprint density at radius 2 is 2.30 bits per heavy atom. The van der Waals surface area contributed by atoms with Crippen LogP contribution < -0.4 is 10.9 Å². The van der Waals surface area contributed by atoms with Gasteiger partial charge < -0.3 is 5.32 Å². The van der Waals surface area contributed by atoms with Crippen molar-refractivity contribution in [3.8, 4) is 10.6 Å². The average molecular weight is 328 g/mol. The third-order valence-corrected chi connectivity index (χ3v) is 4.91. The number of aromatic nitrogens is 3. The van der Waals surface area contributed by atoms with E-state index in [2.05, 4.69) is 15.4 Å². The van der Waals surface area contributed by atoms with Gasteiger partial charge in [0.2, 0.25) is 5.91 Å². The van der Waals surface area contributed by atoms with Gasteiger partial charge in [-0.05, 0) is 31.2 Å². The Morgan fingerprint density at radius 3 is 3.00 bits per heavy atom. The number of nitrogens with zero attached hydrogens (tertiary/aromatic N) is 2. The molecular formula is C16H16N4O2S. The number of carbonyl (C=O) groups is 1. The summed E-state index contributed by atoms with van der Waals surface area (Å²) in [5.41, 5.74) is 1.82. The first-order valence-electron chi connectivity index (χ1n) is 7.59. The van der Waals surface area contributed by atoms with Crippen molar-refractivity contribution in [2.45, 2.75) is 25.8 Å². The van der Waals surface area contributed by atoms with E-state index < -0.39 is 0 Å². The van der Waals surface area contributed by atoms with Gasteiger partial charge in [-0.3, -0.25) is 14.7 Å². The monoisotopic (exact) mass is 328 g/mol. The molecule has 23 heavy (non-hydrogen) atoms. The zero-order valence-corrected chi connectivity index (χ0v) is 13.4. The van der Waals surface area contributed by atoms with Crippen LogP contribution in [0, 0.1) is 5.92 Å². The molecule has 4 rings (SSSR count). The van der Waals surface area contributed by atoms with E-state index in [-0.39, 0.29) is 23.4 Å². The van der Waals surface area contributed by atoms with Crippen LogP contribution in [-0.4, -0.2) is 20.5 Å². The maximum Gasteiger partial charge on any atom is 0.272 e. The summed E-state index contributed by atoms with van der Waals surface area (Å²) in [7, 11) is 0. The van der Waals surface area contributed by atoms with Crippen molar-refractivity contribution in [2.24, 2.45) is 5.92 Å². The van der Waals surface area contributed by atoms with Crippen LogP contribution in [0.25, 0.3) is 16.2 Å². The quantitative estimate of drug-likeness (QED) is 0.771. The fraction of sp³-hybridized carbons (Fsp3) is 0.312. The number of thiophene rings is 1. The number of hydrogen-bond donors (Lipinski definition) is 2. The van der Waals surface area contributed by atoms with E-state index in [1.165, 1.54) is 10.6 Å². The molecule has 1 fully saturated rings. The van der Waals surface area contributed by atoms with E-state index >= 15 is 0 Å². The number of H-pyrrole nitrogens is 1. The summed E-state index contributed by atoms with van der Waals surface area (Å²) in [5.74, 6) is 0.188. The van der Waals surface area contributed by atoms with Gasteiger partial charge in [-0.25, -0.2) is 9.50 Å². The Balaban J connectivity index is 1.68. The van der Waals surface area contributed by atoms with E-state index in [4.69, 9.17) is 0 Å². The molecule has 3 heterocycles. The van der Waals surface area contributed by atoms with Crippen molar-refractivity contribution >= 4 is 22.9 Å². The Labute approximate surface area is 136 Å². The summed E-state index contributed by atoms with van der Waals surface area (Å²) in [6.45, 7) is 1.85. The zero-order chi connectivity index (χ0) is 16.0. The molecule has 1 atom stereocenters. The molecule has 118 valence electrons. The Kier molecular flexibility index (Phi) is 3.30. The first kappa shape index (κ1) is 14.2. The number of fused-ring (bicyclic) bond motifs is 1. The fourth-order valence-corrected chi connectivity index (χ4v) is 3.23. The molecule has 0 saturated heterocycles. The highest BCUT2D eigenvalue weighted by Gasteiger charge is 2.30. The van der Waals surface area contributed by atoms with Gasteiger partial charge in [-0.2, -0.15) is 0 Å². The number of rotatable bonds is 4. The van der Waals surface area contributed by atoms with E-state index in [1.807, 2.05) is 30.5 Å². The Hall–Kier alpha value is -2.41. The predicted octanol–water partition coefficient (Wildman–Crippen LogP) is 2.34. The number of aromatic amines is 1. The summed E-state index contributed by atoms with van der Waals surface area (Å²) in [4.78, 5) is 29.7. The van der Waals surface area contributed by atoms with Crippen LogP contribution >= 0.6 is 11.3 Å². The summed E-state index contributed by atoms with van der Waals surface area (Å²) < 4.78 is 1.42. The van der Waals surface area contributed by atoms with Gasteiger partial charge in [-0.15, -0.1) is 11.3 Å². The minimum atomic E-state index is -0.277. The van der Waals surface area contributed by atoms with Crippen molar-refractivity contribution in [3.63, 3.8) is 0 Å². The zero-order valence-electron chi connectivity index (χ0n) is 12.6. The molecule has 6 nitrogen and oxygen atoms in total. The standard InChI is InChI=1S/C16H16N4O2S/c1-9(17-16(22)10-4-5-10)11-8-15(21)20-14(18-11)7-12(19-20)13-3-2-6-23-13/h2-3,6-10,19H,4-5H2,1H3,(H,17,22)/t9-/m0/s1. The van der Waals surface area contributed by atoms with Crippen molar-refractivity contribution in [1.29, 1.82) is 0 Å². The van der Waals surface area contributed by atoms with Crippen LogP contribution in [0.1, 0.15) is 31.5 Å². The van der Waals surface area contributed by atoms with E-state index in [0.29, 0.717) is 11.3 Å². The second-order valence-corrected chi connectivity index (χ2v) is 6.81. The SMILES string of the molecule is C[C@H](NC(=O)C1CC1)c1cc(=O)n2[nH]c(-c3cccs3)cc2n1. The summed E-state index contributed by atoms with van der Waals surface area (Å²) in [6.07, 6.45) is 1.91. The average Bonchev–Trinajstić information content (AvgIpc) is 3.07. The van der Waals surface area contributed by atoms with Crippen molar-refractivity contribution in [2.75, 3.05) is 0 Å². The van der Waals surface area contributed by atoms with E-state index in [1.54, 1.807) is 11.3 Å². The van der Waals surface area contributed by atoms with Crippen molar-refractivity contribution in [3.05, 3.63) is 45.7 Å². The molecule has 0 spiro atoms. The lowest BCUT2D eigenvalue weighted by Gasteiger charge is -2.12. The third kappa shape index (κ3) is 2.68. The third-order valence-electron chi connectivity index (χ3n) is 4.01. The number of hydrogen-bond acceptors (Lipinski definition) is 4. The van der Waals surface area contributed by atoms with Crippen LogP contribution in [0.15, 0.2) is 34.4 Å². The molecule has 1 aliphatic rings. The van der Waals surface area contributed by atoms with Crippen molar-refractivity contribution < 1.29 is 4.79 Å². The molecule has 3 aromatic rings. The highest BCUT2D eigenvalue weighted by atomic mass is 32.1. The van der Waals surface area contributed by atoms with Crippen LogP contribution in [-0.2, 0) is 4.79 Å². The molecule has 0 bridgehead atoms. The summed E-state index contributed by atoms with van der Waals surface area (Å²) in [5, 5.41) is 7.98. The van der Waals surface area contributed by atoms with Gasteiger partial charge in [0, 0.05) is 18.1 Å². The normalized spacial score (nSPS) is 15.7. The Morgan fingerprint density at radius 1 is 1.48 bits per heavy atom. The first-order valence-corrected chi connectivity index (χ1v) is 8.47. The molecule has 2 N–H and O–H groups in total. The molecule has 0 aromatic carbocycles.